The van der Waals surface area contributed by atoms with Gasteiger partial charge in [-0.05, 0) is 33.5 Å². The summed E-state index contributed by atoms with van der Waals surface area (Å²) in [4.78, 5) is 0. The predicted molar refractivity (Wildman–Crippen MR) is 154 cm³/mol. The summed E-state index contributed by atoms with van der Waals surface area (Å²) < 4.78 is 30.9. The highest BCUT2D eigenvalue weighted by Crippen LogP contribution is 2.29. The van der Waals surface area contributed by atoms with Crippen LogP contribution in [0.1, 0.15) is 16.7 Å². The molecule has 208 valence electrons. The van der Waals surface area contributed by atoms with Crippen LogP contribution in [0.2, 0.25) is 0 Å². The molecule has 1 aliphatic rings. The molecule has 1 aliphatic heterocycles. The second-order valence-corrected chi connectivity index (χ2v) is 9.87. The minimum absolute atomic E-state index is 0.165. The lowest BCUT2D eigenvalue weighted by Crippen LogP contribution is -2.61. The van der Waals surface area contributed by atoms with Crippen LogP contribution in [0.3, 0.4) is 0 Å². The van der Waals surface area contributed by atoms with Crippen LogP contribution in [-0.4, -0.2) is 49.0 Å². The van der Waals surface area contributed by atoms with Crippen LogP contribution in [0.15, 0.2) is 116 Å². The zero-order chi connectivity index (χ0) is 27.6. The van der Waals surface area contributed by atoms with Gasteiger partial charge < -0.3 is 28.8 Å². The molecule has 0 radical (unpaired) electrons. The Morgan fingerprint density at radius 1 is 0.675 bits per heavy atom. The van der Waals surface area contributed by atoms with Gasteiger partial charge in [-0.1, -0.05) is 103 Å². The van der Waals surface area contributed by atoms with Gasteiger partial charge in [0, 0.05) is 0 Å². The summed E-state index contributed by atoms with van der Waals surface area (Å²) in [6.07, 6.45) is -2.16. The van der Waals surface area contributed by atoms with Gasteiger partial charge in [-0.25, -0.2) is 0 Å². The molecule has 4 aromatic rings. The minimum atomic E-state index is -0.996. The largest absolute Gasteiger partial charge is 0.387 e. The van der Waals surface area contributed by atoms with Crippen molar-refractivity contribution < 1.29 is 28.8 Å². The number of fused-ring (bicyclic) bond motifs is 1. The highest BCUT2D eigenvalue weighted by atomic mass is 16.7. The first-order valence-electron chi connectivity index (χ1n) is 13.6. The van der Waals surface area contributed by atoms with Gasteiger partial charge in [0.05, 0.1) is 33.0 Å². The maximum atomic E-state index is 11.5. The second-order valence-electron chi connectivity index (χ2n) is 9.87. The van der Waals surface area contributed by atoms with Crippen LogP contribution in [-0.2, 0) is 43.5 Å². The van der Waals surface area contributed by atoms with Crippen molar-refractivity contribution in [3.63, 3.8) is 0 Å². The van der Waals surface area contributed by atoms with Crippen molar-refractivity contribution in [2.24, 2.45) is 0 Å². The highest BCUT2D eigenvalue weighted by molar-refractivity contribution is 5.82. The van der Waals surface area contributed by atoms with Crippen LogP contribution in [0.4, 0.5) is 0 Å². The Morgan fingerprint density at radius 3 is 1.98 bits per heavy atom. The Labute approximate surface area is 235 Å². The Balaban J connectivity index is 1.30. The van der Waals surface area contributed by atoms with Crippen LogP contribution >= 0.6 is 0 Å². The third-order valence-electron chi connectivity index (χ3n) is 6.93. The summed E-state index contributed by atoms with van der Waals surface area (Å²) in [5.74, 6) is 0. The summed E-state index contributed by atoms with van der Waals surface area (Å²) in [5, 5.41) is 13.8. The lowest BCUT2D eigenvalue weighted by Gasteiger charge is -2.44. The van der Waals surface area contributed by atoms with Gasteiger partial charge in [-0.3, -0.25) is 0 Å². The van der Waals surface area contributed by atoms with Crippen molar-refractivity contribution in [1.29, 1.82) is 0 Å². The van der Waals surface area contributed by atoms with Crippen LogP contribution in [0, 0.1) is 0 Å². The average molecular weight is 541 g/mol. The second kappa shape index (κ2) is 14.3. The quantitative estimate of drug-likeness (QED) is 0.216. The fourth-order valence-electron chi connectivity index (χ4n) is 4.85. The molecule has 0 bridgehead atoms. The molecule has 40 heavy (non-hydrogen) atoms. The topological polar surface area (TPSA) is 66.4 Å². The molecule has 6 heteroatoms. The van der Waals surface area contributed by atoms with E-state index in [4.69, 9.17) is 23.7 Å². The SMILES string of the molecule is C=CCO[C@H]1O[C@H](COCc2ccc3ccccc3c2)[C@@H](O)[C@H](OCc2ccccc2)[C@H]1OCc1ccccc1. The van der Waals surface area contributed by atoms with Crippen molar-refractivity contribution in [1.82, 2.24) is 0 Å². The lowest BCUT2D eigenvalue weighted by molar-refractivity contribution is -0.319. The van der Waals surface area contributed by atoms with Gasteiger partial charge in [-0.2, -0.15) is 0 Å². The van der Waals surface area contributed by atoms with Gasteiger partial charge >= 0.3 is 0 Å². The fraction of sp³-hybridized carbons (Fsp3) is 0.294. The monoisotopic (exact) mass is 540 g/mol. The molecule has 1 N–H and O–H groups in total. The minimum Gasteiger partial charge on any atom is -0.387 e. The van der Waals surface area contributed by atoms with Crippen LogP contribution < -0.4 is 0 Å². The normalized spacial score (nSPS) is 22.8. The first kappa shape index (κ1) is 28.2. The van der Waals surface area contributed by atoms with E-state index in [9.17, 15) is 5.11 Å². The number of hydrogen-bond donors (Lipinski definition) is 1. The molecular formula is C34H36O6. The molecular weight excluding hydrogens is 504 g/mol. The molecule has 5 rings (SSSR count). The number of benzene rings is 4. The van der Waals surface area contributed by atoms with Crippen molar-refractivity contribution >= 4 is 10.8 Å². The van der Waals surface area contributed by atoms with E-state index in [1.807, 2.05) is 72.8 Å². The summed E-state index contributed by atoms with van der Waals surface area (Å²) in [6.45, 7) is 5.23. The molecule has 6 nitrogen and oxygen atoms in total. The van der Waals surface area contributed by atoms with Gasteiger partial charge in [0.25, 0.3) is 0 Å². The van der Waals surface area contributed by atoms with Gasteiger partial charge in [0.15, 0.2) is 6.29 Å². The smallest absolute Gasteiger partial charge is 0.187 e. The predicted octanol–water partition coefficient (Wildman–Crippen LogP) is 5.82. The van der Waals surface area contributed by atoms with E-state index < -0.39 is 30.7 Å². The molecule has 5 atom stereocenters. The molecule has 4 aromatic carbocycles. The number of rotatable bonds is 13. The van der Waals surface area contributed by atoms with Crippen molar-refractivity contribution in [3.8, 4) is 0 Å². The van der Waals surface area contributed by atoms with Gasteiger partial charge in [0.1, 0.15) is 24.4 Å². The first-order valence-corrected chi connectivity index (χ1v) is 13.6. The number of hydrogen-bond acceptors (Lipinski definition) is 6. The van der Waals surface area contributed by atoms with E-state index >= 15 is 0 Å². The van der Waals surface area contributed by atoms with E-state index in [0.29, 0.717) is 19.8 Å². The maximum absolute atomic E-state index is 11.5. The summed E-state index contributed by atoms with van der Waals surface area (Å²) in [5.41, 5.74) is 3.04. The third kappa shape index (κ3) is 7.43. The van der Waals surface area contributed by atoms with E-state index in [0.717, 1.165) is 22.1 Å². The molecule has 0 aliphatic carbocycles. The molecule has 0 amide bonds. The van der Waals surface area contributed by atoms with Gasteiger partial charge in [0.2, 0.25) is 0 Å². The molecule has 1 heterocycles. The van der Waals surface area contributed by atoms with E-state index in [1.165, 1.54) is 5.39 Å². The van der Waals surface area contributed by atoms with E-state index in [1.54, 1.807) is 6.08 Å². The zero-order valence-corrected chi connectivity index (χ0v) is 22.5. The summed E-state index contributed by atoms with van der Waals surface area (Å²) in [7, 11) is 0. The van der Waals surface area contributed by atoms with Crippen LogP contribution in [0.25, 0.3) is 10.8 Å². The summed E-state index contributed by atoms with van der Waals surface area (Å²) >= 11 is 0. The lowest BCUT2D eigenvalue weighted by atomic mass is 9.98. The molecule has 0 aromatic heterocycles. The van der Waals surface area contributed by atoms with Crippen molar-refractivity contribution in [2.45, 2.75) is 50.5 Å². The Kier molecular flexibility index (Phi) is 10.1. The van der Waals surface area contributed by atoms with E-state index in [2.05, 4.69) is 36.9 Å². The average Bonchev–Trinajstić information content (AvgIpc) is 3.00. The zero-order valence-electron chi connectivity index (χ0n) is 22.5. The molecule has 0 unspecified atom stereocenters. The van der Waals surface area contributed by atoms with Crippen molar-refractivity contribution in [2.75, 3.05) is 13.2 Å². The Hall–Kier alpha value is -3.36. The van der Waals surface area contributed by atoms with Crippen LogP contribution in [0.5, 0.6) is 0 Å². The first-order chi connectivity index (χ1) is 19.7. The molecule has 1 fully saturated rings. The van der Waals surface area contributed by atoms with E-state index in [-0.39, 0.29) is 13.2 Å². The molecule has 1 saturated heterocycles. The number of ether oxygens (including phenoxy) is 5. The fourth-order valence-corrected chi connectivity index (χ4v) is 4.85. The van der Waals surface area contributed by atoms with Gasteiger partial charge in [-0.15, -0.1) is 6.58 Å². The number of aliphatic hydroxyl groups excluding tert-OH is 1. The summed E-state index contributed by atoms with van der Waals surface area (Å²) in [6, 6.07) is 34.2. The Bertz CT molecular complexity index is 1330. The molecule has 0 saturated carbocycles. The maximum Gasteiger partial charge on any atom is 0.187 e. The standard InChI is InChI=1S/C34H36O6/c1-2-19-37-34-33(39-23-26-13-7-4-8-14-26)32(38-22-25-11-5-3-6-12-25)31(35)30(40-34)24-36-21-27-17-18-28-15-9-10-16-29(28)20-27/h2-18,20,30-35H,1,19,21-24H2/t30-,31-,32+,33-,34+/m1/s1. The number of aliphatic hydroxyl groups is 1. The third-order valence-corrected chi connectivity index (χ3v) is 6.93. The Morgan fingerprint density at radius 2 is 1.30 bits per heavy atom. The highest BCUT2D eigenvalue weighted by Gasteiger charge is 2.47. The van der Waals surface area contributed by atoms with Crippen molar-refractivity contribution in [3.05, 3.63) is 132 Å². The molecule has 0 spiro atoms.